The van der Waals surface area contributed by atoms with Crippen LogP contribution in [0.15, 0.2) is 22.8 Å². The van der Waals surface area contributed by atoms with E-state index in [9.17, 15) is 4.79 Å². The lowest BCUT2D eigenvalue weighted by Crippen LogP contribution is -2.32. The highest BCUT2D eigenvalue weighted by Gasteiger charge is 2.16. The van der Waals surface area contributed by atoms with Crippen molar-refractivity contribution in [2.45, 2.75) is 19.9 Å². The summed E-state index contributed by atoms with van der Waals surface area (Å²) in [5.74, 6) is 0.856. The molecule has 0 spiro atoms. The highest BCUT2D eigenvalue weighted by atomic mass is 35.5. The van der Waals surface area contributed by atoms with Gasteiger partial charge in [-0.2, -0.15) is 0 Å². The summed E-state index contributed by atoms with van der Waals surface area (Å²) in [5.41, 5.74) is 0. The zero-order valence-corrected chi connectivity index (χ0v) is 9.04. The van der Waals surface area contributed by atoms with Crippen LogP contribution in [0.3, 0.4) is 0 Å². The van der Waals surface area contributed by atoms with Crippen LogP contribution in [0.2, 0.25) is 0 Å². The quantitative estimate of drug-likeness (QED) is 0.784. The first-order valence-corrected chi connectivity index (χ1v) is 5.08. The van der Waals surface area contributed by atoms with Gasteiger partial charge in [0.15, 0.2) is 0 Å². The van der Waals surface area contributed by atoms with Crippen molar-refractivity contribution < 1.29 is 9.21 Å². The Hall–Kier alpha value is -0.960. The molecule has 1 aromatic heterocycles. The number of furan rings is 1. The number of carbonyl (C=O) groups is 1. The van der Waals surface area contributed by atoms with Gasteiger partial charge in [-0.1, -0.05) is 6.92 Å². The second-order valence-electron chi connectivity index (χ2n) is 3.30. The molecule has 1 unspecified atom stereocenters. The van der Waals surface area contributed by atoms with E-state index < -0.39 is 0 Å². The maximum Gasteiger partial charge on any atom is 0.224 e. The minimum absolute atomic E-state index is 0.0519. The molecule has 0 bridgehead atoms. The first-order valence-electron chi connectivity index (χ1n) is 4.55. The van der Waals surface area contributed by atoms with Crippen LogP contribution in [-0.4, -0.2) is 11.8 Å². The van der Waals surface area contributed by atoms with E-state index in [4.69, 9.17) is 16.0 Å². The topological polar surface area (TPSA) is 42.2 Å². The lowest BCUT2D eigenvalue weighted by molar-refractivity contribution is -0.124. The molecule has 3 nitrogen and oxygen atoms in total. The molecule has 1 rings (SSSR count). The molecule has 0 aliphatic heterocycles. The molecule has 1 amide bonds. The minimum atomic E-state index is -0.172. The second kappa shape index (κ2) is 5.05. The Morgan fingerprint density at radius 3 is 2.86 bits per heavy atom. The van der Waals surface area contributed by atoms with E-state index in [0.29, 0.717) is 5.88 Å². The van der Waals surface area contributed by atoms with Gasteiger partial charge in [0.2, 0.25) is 5.91 Å². The van der Waals surface area contributed by atoms with Crippen molar-refractivity contribution >= 4 is 17.5 Å². The predicted molar refractivity (Wildman–Crippen MR) is 55.1 cm³/mol. The van der Waals surface area contributed by atoms with E-state index in [0.717, 1.165) is 5.76 Å². The Morgan fingerprint density at radius 2 is 2.36 bits per heavy atom. The van der Waals surface area contributed by atoms with Gasteiger partial charge in [-0.15, -0.1) is 11.6 Å². The number of rotatable bonds is 4. The van der Waals surface area contributed by atoms with Crippen molar-refractivity contribution in [1.82, 2.24) is 5.32 Å². The van der Waals surface area contributed by atoms with Crippen molar-refractivity contribution in [1.29, 1.82) is 0 Å². The Kier molecular flexibility index (Phi) is 4.01. The number of hydrogen-bond donors (Lipinski definition) is 1. The molecule has 0 saturated heterocycles. The largest absolute Gasteiger partial charge is 0.467 e. The van der Waals surface area contributed by atoms with E-state index in [2.05, 4.69) is 5.32 Å². The van der Waals surface area contributed by atoms with Gasteiger partial charge in [0.05, 0.1) is 12.3 Å². The molecule has 0 saturated carbocycles. The third kappa shape index (κ3) is 2.77. The standard InChI is InChI=1S/C10H14ClNO2/c1-7(6-11)10(13)12-8(2)9-4-3-5-14-9/h3-5,7-8H,6H2,1-2H3,(H,12,13)/t7?,8-/m1/s1. The van der Waals surface area contributed by atoms with Crippen molar-refractivity contribution in [3.05, 3.63) is 24.2 Å². The third-order valence-electron chi connectivity index (χ3n) is 2.01. The summed E-state index contributed by atoms with van der Waals surface area (Å²) in [5, 5.41) is 2.82. The molecule has 0 fully saturated rings. The van der Waals surface area contributed by atoms with Crippen LogP contribution in [0.1, 0.15) is 25.6 Å². The summed E-state index contributed by atoms with van der Waals surface area (Å²) < 4.78 is 5.16. The van der Waals surface area contributed by atoms with E-state index in [-0.39, 0.29) is 17.9 Å². The van der Waals surface area contributed by atoms with Crippen LogP contribution in [0.25, 0.3) is 0 Å². The first-order chi connectivity index (χ1) is 6.65. The van der Waals surface area contributed by atoms with Crippen molar-refractivity contribution in [3.8, 4) is 0 Å². The van der Waals surface area contributed by atoms with Gasteiger partial charge in [-0.3, -0.25) is 4.79 Å². The molecule has 14 heavy (non-hydrogen) atoms. The lowest BCUT2D eigenvalue weighted by Gasteiger charge is -2.14. The number of hydrogen-bond acceptors (Lipinski definition) is 2. The van der Waals surface area contributed by atoms with Crippen molar-refractivity contribution in [2.24, 2.45) is 5.92 Å². The predicted octanol–water partition coefficient (Wildman–Crippen LogP) is 2.33. The van der Waals surface area contributed by atoms with Crippen LogP contribution in [0.5, 0.6) is 0 Å². The molecule has 0 aromatic carbocycles. The Morgan fingerprint density at radius 1 is 1.64 bits per heavy atom. The fourth-order valence-electron chi connectivity index (χ4n) is 1.03. The average Bonchev–Trinajstić information content (AvgIpc) is 2.69. The minimum Gasteiger partial charge on any atom is -0.467 e. The summed E-state index contributed by atoms with van der Waals surface area (Å²) in [4.78, 5) is 11.4. The van der Waals surface area contributed by atoms with Gasteiger partial charge in [-0.05, 0) is 19.1 Å². The van der Waals surface area contributed by atoms with E-state index in [1.165, 1.54) is 0 Å². The van der Waals surface area contributed by atoms with Crippen molar-refractivity contribution in [3.63, 3.8) is 0 Å². The molecular weight excluding hydrogens is 202 g/mol. The van der Waals surface area contributed by atoms with Crippen LogP contribution < -0.4 is 5.32 Å². The van der Waals surface area contributed by atoms with Crippen LogP contribution in [0.4, 0.5) is 0 Å². The van der Waals surface area contributed by atoms with Gasteiger partial charge in [0, 0.05) is 11.8 Å². The number of carbonyl (C=O) groups excluding carboxylic acids is 1. The third-order valence-corrected chi connectivity index (χ3v) is 2.47. The fourth-order valence-corrected chi connectivity index (χ4v) is 1.17. The Bertz CT molecular complexity index is 284. The molecule has 2 atom stereocenters. The molecule has 1 N–H and O–H groups in total. The molecule has 4 heteroatoms. The highest BCUT2D eigenvalue weighted by molar-refractivity contribution is 6.19. The van der Waals surface area contributed by atoms with Gasteiger partial charge >= 0.3 is 0 Å². The Balaban J connectivity index is 2.49. The number of nitrogens with one attached hydrogen (secondary N) is 1. The molecular formula is C10H14ClNO2. The summed E-state index contributed by atoms with van der Waals surface area (Å²) in [7, 11) is 0. The van der Waals surface area contributed by atoms with Crippen molar-refractivity contribution in [2.75, 3.05) is 5.88 Å². The summed E-state index contributed by atoms with van der Waals surface area (Å²) in [6.07, 6.45) is 1.59. The SMILES string of the molecule is CC(CCl)C(=O)N[C@H](C)c1ccco1. The zero-order chi connectivity index (χ0) is 10.6. The lowest BCUT2D eigenvalue weighted by atomic mass is 10.2. The van der Waals surface area contributed by atoms with E-state index in [1.54, 1.807) is 19.3 Å². The molecule has 1 heterocycles. The summed E-state index contributed by atoms with van der Waals surface area (Å²) in [6.45, 7) is 3.66. The molecule has 0 aliphatic carbocycles. The normalized spacial score (nSPS) is 14.8. The van der Waals surface area contributed by atoms with E-state index in [1.807, 2.05) is 13.0 Å². The fraction of sp³-hybridized carbons (Fsp3) is 0.500. The molecule has 78 valence electrons. The first kappa shape index (κ1) is 11.1. The number of halogens is 1. The van der Waals surface area contributed by atoms with Crippen LogP contribution in [-0.2, 0) is 4.79 Å². The Labute approximate surface area is 88.4 Å². The monoisotopic (exact) mass is 215 g/mol. The number of alkyl halides is 1. The van der Waals surface area contributed by atoms with Gasteiger partial charge < -0.3 is 9.73 Å². The molecule has 0 radical (unpaired) electrons. The smallest absolute Gasteiger partial charge is 0.224 e. The average molecular weight is 216 g/mol. The van der Waals surface area contributed by atoms with Crippen LogP contribution in [0, 0.1) is 5.92 Å². The van der Waals surface area contributed by atoms with E-state index >= 15 is 0 Å². The van der Waals surface area contributed by atoms with Gasteiger partial charge in [-0.25, -0.2) is 0 Å². The second-order valence-corrected chi connectivity index (χ2v) is 3.61. The maximum absolute atomic E-state index is 11.4. The summed E-state index contributed by atoms with van der Waals surface area (Å²) in [6, 6.07) is 3.52. The zero-order valence-electron chi connectivity index (χ0n) is 8.29. The van der Waals surface area contributed by atoms with Crippen LogP contribution >= 0.6 is 11.6 Å². The van der Waals surface area contributed by atoms with Gasteiger partial charge in [0.25, 0.3) is 0 Å². The molecule has 0 aliphatic rings. The number of amides is 1. The maximum atomic E-state index is 11.4. The molecule has 1 aromatic rings. The highest BCUT2D eigenvalue weighted by Crippen LogP contribution is 2.13. The summed E-state index contributed by atoms with van der Waals surface area (Å²) >= 11 is 5.57. The van der Waals surface area contributed by atoms with Gasteiger partial charge in [0.1, 0.15) is 5.76 Å².